The van der Waals surface area contributed by atoms with Crippen LogP contribution in [0.5, 0.6) is 0 Å². The molecule has 2 aromatic rings. The number of hydrogen-bond acceptors (Lipinski definition) is 5. The van der Waals surface area contributed by atoms with E-state index in [-0.39, 0.29) is 12.5 Å². The Bertz CT molecular complexity index is 940. The monoisotopic (exact) mass is 488 g/mol. The van der Waals surface area contributed by atoms with Crippen molar-refractivity contribution in [1.29, 1.82) is 0 Å². The summed E-state index contributed by atoms with van der Waals surface area (Å²) in [6.07, 6.45) is 2.71. The van der Waals surface area contributed by atoms with Crippen LogP contribution in [0.1, 0.15) is 56.5 Å². The Kier molecular flexibility index (Phi) is 7.56. The SMILES string of the molecule is CCOC(=O)c1c(NC(NC(=O)c2cccc(C)c2)C(Cl)(Cl)Cl)sc2c1CCCC2. The van der Waals surface area contributed by atoms with Crippen LogP contribution < -0.4 is 10.6 Å². The fraction of sp³-hybridized carbons (Fsp3) is 0.429. The summed E-state index contributed by atoms with van der Waals surface area (Å²) in [5.74, 6) is -0.797. The molecule has 0 saturated heterocycles. The quantitative estimate of drug-likeness (QED) is 0.312. The van der Waals surface area contributed by atoms with Gasteiger partial charge in [-0.3, -0.25) is 4.79 Å². The smallest absolute Gasteiger partial charge is 0.341 e. The zero-order chi connectivity index (χ0) is 21.9. The number of carbonyl (C=O) groups excluding carboxylic acids is 2. The van der Waals surface area contributed by atoms with Gasteiger partial charge in [-0.1, -0.05) is 52.5 Å². The standard InChI is InChI=1S/C21H23Cl3N2O3S/c1-3-29-19(28)16-14-9-4-5-10-15(14)30-18(16)26-20(21(22,23)24)25-17(27)13-8-6-7-12(2)11-13/h6-8,11,20,26H,3-5,9-10H2,1-2H3,(H,25,27). The lowest BCUT2D eigenvalue weighted by molar-refractivity contribution is 0.0526. The van der Waals surface area contributed by atoms with Crippen molar-refractivity contribution in [2.75, 3.05) is 11.9 Å². The third kappa shape index (κ3) is 5.41. The normalized spacial score (nSPS) is 14.6. The molecule has 30 heavy (non-hydrogen) atoms. The van der Waals surface area contributed by atoms with Crippen molar-refractivity contribution < 1.29 is 14.3 Å². The van der Waals surface area contributed by atoms with Crippen molar-refractivity contribution in [1.82, 2.24) is 5.32 Å². The second-order valence-electron chi connectivity index (χ2n) is 7.10. The number of esters is 1. The largest absolute Gasteiger partial charge is 0.462 e. The van der Waals surface area contributed by atoms with Gasteiger partial charge < -0.3 is 15.4 Å². The molecule has 0 spiro atoms. The number of thiophene rings is 1. The number of amides is 1. The fourth-order valence-corrected chi connectivity index (χ4v) is 5.05. The first-order valence-electron chi connectivity index (χ1n) is 9.73. The molecule has 162 valence electrons. The van der Waals surface area contributed by atoms with Crippen LogP contribution in [0.15, 0.2) is 24.3 Å². The Morgan fingerprint density at radius 3 is 2.63 bits per heavy atom. The van der Waals surface area contributed by atoms with Gasteiger partial charge in [0.25, 0.3) is 5.91 Å². The average molecular weight is 490 g/mol. The Morgan fingerprint density at radius 1 is 1.23 bits per heavy atom. The third-order valence-corrected chi connectivity index (χ3v) is 6.69. The molecule has 1 atom stereocenters. The molecule has 1 heterocycles. The number of nitrogens with one attached hydrogen (secondary N) is 2. The van der Waals surface area contributed by atoms with E-state index in [0.717, 1.165) is 41.7 Å². The minimum absolute atomic E-state index is 0.265. The maximum atomic E-state index is 12.7. The van der Waals surface area contributed by atoms with Gasteiger partial charge in [-0.2, -0.15) is 0 Å². The van der Waals surface area contributed by atoms with E-state index in [4.69, 9.17) is 39.5 Å². The number of aryl methyl sites for hydroxylation is 2. The van der Waals surface area contributed by atoms with Crippen molar-refractivity contribution in [3.63, 3.8) is 0 Å². The number of alkyl halides is 3. The molecule has 1 amide bonds. The van der Waals surface area contributed by atoms with E-state index in [0.29, 0.717) is 16.1 Å². The van der Waals surface area contributed by atoms with Gasteiger partial charge >= 0.3 is 5.97 Å². The molecule has 1 aliphatic carbocycles. The average Bonchev–Trinajstić information content (AvgIpc) is 3.05. The second-order valence-corrected chi connectivity index (χ2v) is 10.6. The zero-order valence-corrected chi connectivity index (χ0v) is 19.8. The van der Waals surface area contributed by atoms with Crippen LogP contribution in [-0.4, -0.2) is 28.4 Å². The van der Waals surface area contributed by atoms with Gasteiger partial charge in [0.05, 0.1) is 12.2 Å². The van der Waals surface area contributed by atoms with Crippen molar-refractivity contribution in [3.8, 4) is 0 Å². The van der Waals surface area contributed by atoms with E-state index in [1.165, 1.54) is 11.3 Å². The summed E-state index contributed by atoms with van der Waals surface area (Å²) < 4.78 is 3.41. The van der Waals surface area contributed by atoms with E-state index in [1.807, 2.05) is 13.0 Å². The fourth-order valence-electron chi connectivity index (χ4n) is 3.42. The topological polar surface area (TPSA) is 67.4 Å². The predicted octanol–water partition coefficient (Wildman–Crippen LogP) is 5.65. The van der Waals surface area contributed by atoms with Crippen LogP contribution >= 0.6 is 46.1 Å². The highest BCUT2D eigenvalue weighted by atomic mass is 35.6. The molecular weight excluding hydrogens is 467 g/mol. The summed E-state index contributed by atoms with van der Waals surface area (Å²) in [4.78, 5) is 26.5. The minimum Gasteiger partial charge on any atom is -0.462 e. The number of fused-ring (bicyclic) bond motifs is 1. The molecule has 2 N–H and O–H groups in total. The van der Waals surface area contributed by atoms with E-state index in [1.54, 1.807) is 25.1 Å². The molecule has 1 aromatic carbocycles. The number of hydrogen-bond donors (Lipinski definition) is 2. The Hall–Kier alpha value is -1.47. The second kappa shape index (κ2) is 9.77. The van der Waals surface area contributed by atoms with Crippen molar-refractivity contribution in [3.05, 3.63) is 51.4 Å². The van der Waals surface area contributed by atoms with Crippen LogP contribution in [0.3, 0.4) is 0 Å². The van der Waals surface area contributed by atoms with Gasteiger partial charge in [0.15, 0.2) is 0 Å². The van der Waals surface area contributed by atoms with Gasteiger partial charge in [-0.25, -0.2) is 4.79 Å². The number of benzene rings is 1. The van der Waals surface area contributed by atoms with E-state index in [2.05, 4.69) is 10.6 Å². The van der Waals surface area contributed by atoms with Gasteiger partial charge in [-0.05, 0) is 57.2 Å². The molecule has 0 bridgehead atoms. The number of anilines is 1. The number of ether oxygens (including phenoxy) is 1. The number of rotatable bonds is 6. The maximum absolute atomic E-state index is 12.7. The summed E-state index contributed by atoms with van der Waals surface area (Å²) in [6.45, 7) is 3.92. The number of halogens is 3. The van der Waals surface area contributed by atoms with E-state index >= 15 is 0 Å². The van der Waals surface area contributed by atoms with Gasteiger partial charge in [0.2, 0.25) is 3.79 Å². The lowest BCUT2D eigenvalue weighted by Crippen LogP contribution is -2.49. The predicted molar refractivity (Wildman–Crippen MR) is 123 cm³/mol. The lowest BCUT2D eigenvalue weighted by Gasteiger charge is -2.27. The number of carbonyl (C=O) groups is 2. The van der Waals surface area contributed by atoms with Crippen molar-refractivity contribution in [2.24, 2.45) is 0 Å². The highest BCUT2D eigenvalue weighted by Crippen LogP contribution is 2.40. The minimum atomic E-state index is -1.85. The van der Waals surface area contributed by atoms with Crippen LogP contribution in [0.2, 0.25) is 0 Å². The van der Waals surface area contributed by atoms with E-state index in [9.17, 15) is 9.59 Å². The van der Waals surface area contributed by atoms with Crippen LogP contribution in [0.4, 0.5) is 5.00 Å². The van der Waals surface area contributed by atoms with Gasteiger partial charge in [-0.15, -0.1) is 11.3 Å². The highest BCUT2D eigenvalue weighted by molar-refractivity contribution is 7.16. The van der Waals surface area contributed by atoms with Crippen LogP contribution in [0.25, 0.3) is 0 Å². The van der Waals surface area contributed by atoms with Crippen molar-refractivity contribution in [2.45, 2.75) is 49.5 Å². The maximum Gasteiger partial charge on any atom is 0.341 e. The van der Waals surface area contributed by atoms with Gasteiger partial charge in [0, 0.05) is 10.4 Å². The molecule has 3 rings (SSSR count). The van der Waals surface area contributed by atoms with Gasteiger partial charge in [0.1, 0.15) is 11.2 Å². The molecule has 9 heteroatoms. The summed E-state index contributed by atoms with van der Waals surface area (Å²) in [6, 6.07) is 7.11. The first-order chi connectivity index (χ1) is 14.2. The van der Waals surface area contributed by atoms with Crippen LogP contribution in [0, 0.1) is 6.92 Å². The molecule has 0 radical (unpaired) electrons. The summed E-state index contributed by atoms with van der Waals surface area (Å²) >= 11 is 20.0. The third-order valence-electron chi connectivity index (χ3n) is 4.81. The highest BCUT2D eigenvalue weighted by Gasteiger charge is 2.37. The Morgan fingerprint density at radius 2 is 1.97 bits per heavy atom. The molecule has 5 nitrogen and oxygen atoms in total. The van der Waals surface area contributed by atoms with Crippen LogP contribution in [-0.2, 0) is 17.6 Å². The molecule has 1 aromatic heterocycles. The molecule has 1 unspecified atom stereocenters. The molecule has 0 fully saturated rings. The lowest BCUT2D eigenvalue weighted by atomic mass is 9.95. The zero-order valence-electron chi connectivity index (χ0n) is 16.7. The Balaban J connectivity index is 1.91. The molecular formula is C21H23Cl3N2O3S. The first kappa shape index (κ1) is 23.2. The Labute approximate surface area is 195 Å². The molecule has 0 saturated carbocycles. The summed E-state index contributed by atoms with van der Waals surface area (Å²) in [5, 5.41) is 6.37. The summed E-state index contributed by atoms with van der Waals surface area (Å²) in [7, 11) is 0. The van der Waals surface area contributed by atoms with Crippen molar-refractivity contribution >= 4 is 63.0 Å². The summed E-state index contributed by atoms with van der Waals surface area (Å²) in [5.41, 5.74) is 2.85. The molecule has 0 aliphatic heterocycles. The first-order valence-corrected chi connectivity index (χ1v) is 11.7. The van der Waals surface area contributed by atoms with E-state index < -0.39 is 15.9 Å². The molecule has 1 aliphatic rings.